The van der Waals surface area contributed by atoms with Gasteiger partial charge in [0.25, 0.3) is 17.5 Å². The van der Waals surface area contributed by atoms with E-state index in [0.29, 0.717) is 43.0 Å². The van der Waals surface area contributed by atoms with Gasteiger partial charge in [0, 0.05) is 44.4 Å². The van der Waals surface area contributed by atoms with Crippen molar-refractivity contribution < 1.29 is 14.5 Å². The minimum Gasteiger partial charge on any atom is -0.363 e. The van der Waals surface area contributed by atoms with Gasteiger partial charge in [-0.15, -0.1) is 0 Å². The molecule has 186 valence electrons. The van der Waals surface area contributed by atoms with Gasteiger partial charge in [0.15, 0.2) is 0 Å². The second-order valence-electron chi connectivity index (χ2n) is 8.74. The van der Waals surface area contributed by atoms with Gasteiger partial charge in [-0.2, -0.15) is 0 Å². The average Bonchev–Trinajstić information content (AvgIpc) is 2.89. The predicted molar refractivity (Wildman–Crippen MR) is 140 cm³/mol. The Labute approximate surface area is 209 Å². The molecule has 1 aliphatic heterocycles. The van der Waals surface area contributed by atoms with Crippen molar-refractivity contribution in [1.29, 1.82) is 0 Å². The molecule has 36 heavy (non-hydrogen) atoms. The highest BCUT2D eigenvalue weighted by Crippen LogP contribution is 2.30. The molecule has 0 unspecified atom stereocenters. The minimum absolute atomic E-state index is 0.112. The van der Waals surface area contributed by atoms with Gasteiger partial charge >= 0.3 is 0 Å². The smallest absolute Gasteiger partial charge is 0.293 e. The molecular weight excluding hydrogens is 458 g/mol. The molecule has 0 aliphatic carbocycles. The van der Waals surface area contributed by atoms with Gasteiger partial charge in [-0.1, -0.05) is 42.5 Å². The van der Waals surface area contributed by atoms with Gasteiger partial charge in [-0.3, -0.25) is 19.7 Å². The van der Waals surface area contributed by atoms with Crippen LogP contribution in [0, 0.1) is 10.1 Å². The van der Waals surface area contributed by atoms with Crippen LogP contribution in [0.4, 0.5) is 17.1 Å². The SMILES string of the molecule is CN1CCN(c2ccc(C(=O)Nc3ccccc3C(=O)NCCc3ccccc3)cc2[N+](=O)[O-])CC1. The first kappa shape index (κ1) is 24.9. The van der Waals surface area contributed by atoms with Crippen molar-refractivity contribution in [1.82, 2.24) is 10.2 Å². The second kappa shape index (κ2) is 11.5. The maximum absolute atomic E-state index is 13.0. The molecule has 1 fully saturated rings. The predicted octanol–water partition coefficient (Wildman–Crippen LogP) is 3.57. The Hall–Kier alpha value is -4.24. The van der Waals surface area contributed by atoms with Crippen molar-refractivity contribution in [3.63, 3.8) is 0 Å². The number of piperazine rings is 1. The van der Waals surface area contributed by atoms with Crippen molar-refractivity contribution in [3.05, 3.63) is 99.6 Å². The van der Waals surface area contributed by atoms with Gasteiger partial charge in [0.2, 0.25) is 0 Å². The highest BCUT2D eigenvalue weighted by molar-refractivity contribution is 6.09. The monoisotopic (exact) mass is 487 g/mol. The fourth-order valence-electron chi connectivity index (χ4n) is 4.17. The third kappa shape index (κ3) is 6.05. The number of rotatable bonds is 8. The third-order valence-corrected chi connectivity index (χ3v) is 6.24. The van der Waals surface area contributed by atoms with E-state index in [0.717, 1.165) is 18.7 Å². The second-order valence-corrected chi connectivity index (χ2v) is 8.74. The number of likely N-dealkylation sites (N-methyl/N-ethyl adjacent to an activating group) is 1. The summed E-state index contributed by atoms with van der Waals surface area (Å²) < 4.78 is 0. The summed E-state index contributed by atoms with van der Waals surface area (Å²) in [5, 5.41) is 17.4. The molecule has 0 aromatic heterocycles. The molecule has 0 radical (unpaired) electrons. The molecular formula is C27H29N5O4. The molecule has 1 heterocycles. The van der Waals surface area contributed by atoms with E-state index in [4.69, 9.17) is 0 Å². The molecule has 0 saturated carbocycles. The maximum Gasteiger partial charge on any atom is 0.293 e. The normalized spacial score (nSPS) is 13.8. The number of nitrogens with one attached hydrogen (secondary N) is 2. The highest BCUT2D eigenvalue weighted by Gasteiger charge is 2.24. The van der Waals surface area contributed by atoms with Crippen LogP contribution in [0.1, 0.15) is 26.3 Å². The number of hydrogen-bond donors (Lipinski definition) is 2. The standard InChI is InChI=1S/C27H29N5O4/c1-30-15-17-31(18-16-30)24-12-11-21(19-25(24)32(35)36)26(33)29-23-10-6-5-9-22(23)27(34)28-14-13-20-7-3-2-4-8-20/h2-12,19H,13-18H2,1H3,(H,28,34)(H,29,33). The van der Waals surface area contributed by atoms with Crippen molar-refractivity contribution in [2.45, 2.75) is 6.42 Å². The third-order valence-electron chi connectivity index (χ3n) is 6.24. The fourth-order valence-corrected chi connectivity index (χ4v) is 4.17. The topological polar surface area (TPSA) is 108 Å². The van der Waals surface area contributed by atoms with Crippen LogP contribution in [0.25, 0.3) is 0 Å². The zero-order chi connectivity index (χ0) is 25.5. The van der Waals surface area contributed by atoms with Crippen molar-refractivity contribution in [2.75, 3.05) is 50.0 Å². The summed E-state index contributed by atoms with van der Waals surface area (Å²) in [5.41, 5.74) is 2.31. The Balaban J connectivity index is 1.46. The summed E-state index contributed by atoms with van der Waals surface area (Å²) in [6.45, 7) is 3.42. The van der Waals surface area contributed by atoms with E-state index < -0.39 is 10.8 Å². The van der Waals surface area contributed by atoms with Crippen LogP contribution in [0.5, 0.6) is 0 Å². The number of benzene rings is 3. The quantitative estimate of drug-likeness (QED) is 0.372. The van der Waals surface area contributed by atoms with Crippen LogP contribution in [0.15, 0.2) is 72.8 Å². The zero-order valence-corrected chi connectivity index (χ0v) is 20.1. The number of carbonyl (C=O) groups is 2. The molecule has 0 atom stereocenters. The van der Waals surface area contributed by atoms with Crippen molar-refractivity contribution in [2.24, 2.45) is 0 Å². The van der Waals surface area contributed by atoms with Crippen LogP contribution in [0.3, 0.4) is 0 Å². The lowest BCUT2D eigenvalue weighted by Gasteiger charge is -2.33. The first-order valence-corrected chi connectivity index (χ1v) is 11.9. The number of amides is 2. The first-order chi connectivity index (χ1) is 17.4. The largest absolute Gasteiger partial charge is 0.363 e. The molecule has 1 aliphatic rings. The Morgan fingerprint density at radius 2 is 1.61 bits per heavy atom. The van der Waals surface area contributed by atoms with E-state index in [1.54, 1.807) is 36.4 Å². The summed E-state index contributed by atoms with van der Waals surface area (Å²) in [5.74, 6) is -0.828. The Morgan fingerprint density at radius 1 is 0.917 bits per heavy atom. The molecule has 9 nitrogen and oxygen atoms in total. The average molecular weight is 488 g/mol. The van der Waals surface area contributed by atoms with E-state index in [2.05, 4.69) is 15.5 Å². The molecule has 4 rings (SSSR count). The maximum atomic E-state index is 13.0. The van der Waals surface area contributed by atoms with E-state index in [1.165, 1.54) is 6.07 Å². The summed E-state index contributed by atoms with van der Waals surface area (Å²) in [4.78, 5) is 41.3. The summed E-state index contributed by atoms with van der Waals surface area (Å²) in [6.07, 6.45) is 0.685. The molecule has 1 saturated heterocycles. The van der Waals surface area contributed by atoms with E-state index in [9.17, 15) is 19.7 Å². The summed E-state index contributed by atoms with van der Waals surface area (Å²) in [7, 11) is 2.01. The Bertz CT molecular complexity index is 1240. The van der Waals surface area contributed by atoms with E-state index in [-0.39, 0.29) is 17.2 Å². The molecule has 2 amide bonds. The van der Waals surface area contributed by atoms with E-state index in [1.807, 2.05) is 42.3 Å². The first-order valence-electron chi connectivity index (χ1n) is 11.9. The number of para-hydroxylation sites is 1. The fraction of sp³-hybridized carbons (Fsp3) is 0.259. The number of anilines is 2. The highest BCUT2D eigenvalue weighted by atomic mass is 16.6. The number of nitrogens with zero attached hydrogens (tertiary/aromatic N) is 3. The zero-order valence-electron chi connectivity index (χ0n) is 20.1. The number of carbonyl (C=O) groups excluding carboxylic acids is 2. The summed E-state index contributed by atoms with van der Waals surface area (Å²) >= 11 is 0. The lowest BCUT2D eigenvalue weighted by molar-refractivity contribution is -0.384. The number of nitro benzene ring substituents is 1. The molecule has 0 bridgehead atoms. The van der Waals surface area contributed by atoms with Crippen LogP contribution in [-0.4, -0.2) is 61.4 Å². The number of nitro groups is 1. The molecule has 3 aromatic rings. The van der Waals surface area contributed by atoms with Gasteiger partial charge in [0.05, 0.1) is 16.2 Å². The van der Waals surface area contributed by atoms with Crippen molar-refractivity contribution in [3.8, 4) is 0 Å². The minimum atomic E-state index is -0.521. The molecule has 3 aromatic carbocycles. The van der Waals surface area contributed by atoms with Gasteiger partial charge in [0.1, 0.15) is 5.69 Å². The molecule has 9 heteroatoms. The van der Waals surface area contributed by atoms with Gasteiger partial charge in [-0.25, -0.2) is 0 Å². The molecule has 2 N–H and O–H groups in total. The van der Waals surface area contributed by atoms with Crippen LogP contribution in [0.2, 0.25) is 0 Å². The lowest BCUT2D eigenvalue weighted by Crippen LogP contribution is -2.44. The van der Waals surface area contributed by atoms with Crippen molar-refractivity contribution >= 4 is 28.9 Å². The molecule has 0 spiro atoms. The van der Waals surface area contributed by atoms with Gasteiger partial charge in [-0.05, 0) is 43.3 Å². The van der Waals surface area contributed by atoms with E-state index >= 15 is 0 Å². The van der Waals surface area contributed by atoms with Gasteiger partial charge < -0.3 is 20.4 Å². The van der Waals surface area contributed by atoms with Crippen LogP contribution < -0.4 is 15.5 Å². The van der Waals surface area contributed by atoms with Crippen LogP contribution >= 0.6 is 0 Å². The number of hydrogen-bond acceptors (Lipinski definition) is 6. The summed E-state index contributed by atoms with van der Waals surface area (Å²) in [6, 6.07) is 21.0. The lowest BCUT2D eigenvalue weighted by atomic mass is 10.1. The Morgan fingerprint density at radius 3 is 2.33 bits per heavy atom. The Kier molecular flexibility index (Phi) is 7.92. The van der Waals surface area contributed by atoms with Crippen LogP contribution in [-0.2, 0) is 6.42 Å².